The zero-order chi connectivity index (χ0) is 12.8. The summed E-state index contributed by atoms with van der Waals surface area (Å²) in [6, 6.07) is 10.2. The number of hydrogen-bond donors (Lipinski definition) is 0. The van der Waals surface area contributed by atoms with Crippen molar-refractivity contribution in [1.29, 1.82) is 0 Å². The van der Waals surface area contributed by atoms with Crippen molar-refractivity contribution in [2.24, 2.45) is 10.9 Å². The van der Waals surface area contributed by atoms with E-state index >= 15 is 0 Å². The van der Waals surface area contributed by atoms with Crippen LogP contribution in [-0.2, 0) is 11.3 Å². The zero-order valence-corrected chi connectivity index (χ0v) is 11.7. The van der Waals surface area contributed by atoms with E-state index in [9.17, 15) is 0 Å². The van der Waals surface area contributed by atoms with E-state index in [2.05, 4.69) is 37.0 Å². The van der Waals surface area contributed by atoms with Gasteiger partial charge in [-0.1, -0.05) is 55.9 Å². The number of rotatable bonds is 5. The molecule has 1 aromatic rings. The van der Waals surface area contributed by atoms with Gasteiger partial charge in [0.05, 0.1) is 24.8 Å². The van der Waals surface area contributed by atoms with E-state index in [1.165, 1.54) is 15.5 Å². The molecule has 2 rings (SSSR count). The predicted molar refractivity (Wildman–Crippen MR) is 78.9 cm³/mol. The van der Waals surface area contributed by atoms with Gasteiger partial charge in [-0.25, -0.2) is 0 Å². The molecular weight excluding hydrogens is 242 g/mol. The second-order valence-corrected chi connectivity index (χ2v) is 5.73. The van der Waals surface area contributed by atoms with Crippen LogP contribution in [0.1, 0.15) is 19.4 Å². The van der Waals surface area contributed by atoms with Crippen molar-refractivity contribution in [1.82, 2.24) is 0 Å². The van der Waals surface area contributed by atoms with E-state index in [-0.39, 0.29) is 0 Å². The van der Waals surface area contributed by atoms with Crippen LogP contribution in [0.5, 0.6) is 0 Å². The Bertz CT molecular complexity index is 437. The van der Waals surface area contributed by atoms with E-state index in [4.69, 9.17) is 4.74 Å². The summed E-state index contributed by atoms with van der Waals surface area (Å²) in [5.41, 5.74) is 1.22. The SMILES string of the molecule is CC(C)C1=NC/C(=C/COCc2ccccc2)S1. The van der Waals surface area contributed by atoms with Gasteiger partial charge in [-0.2, -0.15) is 0 Å². The minimum atomic E-state index is 0.533. The lowest BCUT2D eigenvalue weighted by Gasteiger charge is -2.03. The largest absolute Gasteiger partial charge is 0.373 e. The highest BCUT2D eigenvalue weighted by Crippen LogP contribution is 2.28. The molecule has 0 aliphatic carbocycles. The zero-order valence-electron chi connectivity index (χ0n) is 10.9. The van der Waals surface area contributed by atoms with E-state index in [0.29, 0.717) is 19.1 Å². The first-order chi connectivity index (χ1) is 8.75. The molecule has 18 heavy (non-hydrogen) atoms. The number of thioether (sulfide) groups is 1. The molecule has 2 nitrogen and oxygen atoms in total. The molecule has 0 bridgehead atoms. The lowest BCUT2D eigenvalue weighted by molar-refractivity contribution is 0.148. The van der Waals surface area contributed by atoms with Crippen LogP contribution in [0, 0.1) is 5.92 Å². The third kappa shape index (κ3) is 4.00. The van der Waals surface area contributed by atoms with Gasteiger partial charge in [-0.05, 0) is 11.6 Å². The Labute approximate surface area is 113 Å². The molecule has 0 saturated carbocycles. The molecule has 1 aliphatic rings. The quantitative estimate of drug-likeness (QED) is 0.750. The number of hydrogen-bond acceptors (Lipinski definition) is 3. The van der Waals surface area contributed by atoms with E-state index in [1.54, 1.807) is 11.8 Å². The Morgan fingerprint density at radius 3 is 2.78 bits per heavy atom. The Hall–Kier alpha value is -1.06. The van der Waals surface area contributed by atoms with Crippen LogP contribution in [0.25, 0.3) is 0 Å². The molecule has 0 radical (unpaired) electrons. The van der Waals surface area contributed by atoms with Crippen LogP contribution in [0.15, 0.2) is 46.3 Å². The fourth-order valence-corrected chi connectivity index (χ4v) is 2.58. The second-order valence-electron chi connectivity index (χ2n) is 4.58. The number of ether oxygens (including phenoxy) is 1. The molecule has 1 aromatic carbocycles. The molecule has 0 fully saturated rings. The summed E-state index contributed by atoms with van der Waals surface area (Å²) in [7, 11) is 0. The lowest BCUT2D eigenvalue weighted by Crippen LogP contribution is -1.98. The molecular formula is C15H19NOS. The molecule has 3 heteroatoms. The van der Waals surface area contributed by atoms with Gasteiger partial charge < -0.3 is 4.74 Å². The van der Waals surface area contributed by atoms with Crippen molar-refractivity contribution in [3.8, 4) is 0 Å². The van der Waals surface area contributed by atoms with Gasteiger partial charge in [0.25, 0.3) is 0 Å². The Kier molecular flexibility index (Phi) is 5.02. The standard InChI is InChI=1S/C15H19NOS/c1-12(2)15-16-10-14(18-15)8-9-17-11-13-6-4-3-5-7-13/h3-8,12H,9-11H2,1-2H3/b14-8-. The van der Waals surface area contributed by atoms with Crippen molar-refractivity contribution in [2.45, 2.75) is 20.5 Å². The summed E-state index contributed by atoms with van der Waals surface area (Å²) >= 11 is 1.80. The van der Waals surface area contributed by atoms with Crippen LogP contribution in [0.2, 0.25) is 0 Å². The maximum atomic E-state index is 5.64. The van der Waals surface area contributed by atoms with Crippen LogP contribution in [0.3, 0.4) is 0 Å². The first kappa shape index (κ1) is 13.4. The average molecular weight is 261 g/mol. The highest BCUT2D eigenvalue weighted by atomic mass is 32.2. The van der Waals surface area contributed by atoms with Gasteiger partial charge in [-0.15, -0.1) is 0 Å². The summed E-state index contributed by atoms with van der Waals surface area (Å²) in [5.74, 6) is 0.533. The fourth-order valence-electron chi connectivity index (χ4n) is 1.66. The Morgan fingerprint density at radius 1 is 1.33 bits per heavy atom. The second kappa shape index (κ2) is 6.76. The minimum Gasteiger partial charge on any atom is -0.373 e. The summed E-state index contributed by atoms with van der Waals surface area (Å²) in [6.07, 6.45) is 2.15. The highest BCUT2D eigenvalue weighted by molar-refractivity contribution is 8.17. The normalized spacial score (nSPS) is 17.5. The van der Waals surface area contributed by atoms with Gasteiger partial charge in [0.2, 0.25) is 0 Å². The van der Waals surface area contributed by atoms with Crippen LogP contribution in [0.4, 0.5) is 0 Å². The van der Waals surface area contributed by atoms with E-state index < -0.39 is 0 Å². The number of nitrogens with zero attached hydrogens (tertiary/aromatic N) is 1. The first-order valence-corrected chi connectivity index (χ1v) is 7.10. The third-order valence-corrected chi connectivity index (χ3v) is 4.03. The van der Waals surface area contributed by atoms with Crippen molar-refractivity contribution in [3.63, 3.8) is 0 Å². The van der Waals surface area contributed by atoms with Crippen LogP contribution >= 0.6 is 11.8 Å². The summed E-state index contributed by atoms with van der Waals surface area (Å²) in [5, 5.41) is 1.24. The van der Waals surface area contributed by atoms with Crippen LogP contribution in [-0.4, -0.2) is 18.2 Å². The molecule has 1 aliphatic heterocycles. The van der Waals surface area contributed by atoms with Crippen molar-refractivity contribution in [2.75, 3.05) is 13.2 Å². The lowest BCUT2D eigenvalue weighted by atomic mass is 10.2. The molecule has 0 unspecified atom stereocenters. The summed E-state index contributed by atoms with van der Waals surface area (Å²) in [6.45, 7) is 6.53. The molecule has 0 N–H and O–H groups in total. The van der Waals surface area contributed by atoms with E-state index in [0.717, 1.165) is 6.54 Å². The molecule has 0 spiro atoms. The Balaban J connectivity index is 1.70. The summed E-state index contributed by atoms with van der Waals surface area (Å²) in [4.78, 5) is 5.82. The molecule has 0 aromatic heterocycles. The molecule has 0 atom stereocenters. The third-order valence-electron chi connectivity index (χ3n) is 2.66. The fraction of sp³-hybridized carbons (Fsp3) is 0.400. The minimum absolute atomic E-state index is 0.533. The molecule has 1 heterocycles. The van der Waals surface area contributed by atoms with Gasteiger partial charge in [-0.3, -0.25) is 4.99 Å². The predicted octanol–water partition coefficient (Wildman–Crippen LogP) is 3.89. The van der Waals surface area contributed by atoms with Gasteiger partial charge in [0.15, 0.2) is 0 Å². The molecule has 0 saturated heterocycles. The first-order valence-electron chi connectivity index (χ1n) is 6.28. The van der Waals surface area contributed by atoms with Crippen molar-refractivity contribution in [3.05, 3.63) is 46.9 Å². The highest BCUT2D eigenvalue weighted by Gasteiger charge is 2.14. The maximum absolute atomic E-state index is 5.64. The summed E-state index contributed by atoms with van der Waals surface area (Å²) < 4.78 is 5.64. The number of aliphatic imine (C=N–C) groups is 1. The van der Waals surface area contributed by atoms with Gasteiger partial charge in [0.1, 0.15) is 0 Å². The average Bonchev–Trinajstić information content (AvgIpc) is 2.85. The Morgan fingerprint density at radius 2 is 2.11 bits per heavy atom. The number of benzene rings is 1. The monoisotopic (exact) mass is 261 g/mol. The maximum Gasteiger partial charge on any atom is 0.0750 e. The molecule has 96 valence electrons. The van der Waals surface area contributed by atoms with Crippen molar-refractivity contribution < 1.29 is 4.74 Å². The smallest absolute Gasteiger partial charge is 0.0750 e. The van der Waals surface area contributed by atoms with Crippen LogP contribution < -0.4 is 0 Å². The van der Waals surface area contributed by atoms with E-state index in [1.807, 2.05) is 18.2 Å². The van der Waals surface area contributed by atoms with Crippen molar-refractivity contribution >= 4 is 16.8 Å². The van der Waals surface area contributed by atoms with Gasteiger partial charge >= 0.3 is 0 Å². The van der Waals surface area contributed by atoms with Gasteiger partial charge in [0, 0.05) is 10.8 Å². The molecule has 0 amide bonds. The topological polar surface area (TPSA) is 21.6 Å².